The average molecular weight is 344 g/mol. The lowest BCUT2D eigenvalue weighted by molar-refractivity contribution is -0.165. The van der Waals surface area contributed by atoms with E-state index in [-0.39, 0.29) is 6.61 Å². The number of benzene rings is 2. The molecule has 128 valence electrons. The van der Waals surface area contributed by atoms with Gasteiger partial charge in [0, 0.05) is 11.1 Å². The molecular weight excluding hydrogens is 328 g/mol. The lowest BCUT2D eigenvalue weighted by Gasteiger charge is -2.24. The molecule has 2 aromatic rings. The van der Waals surface area contributed by atoms with Crippen molar-refractivity contribution in [2.75, 3.05) is 6.61 Å². The summed E-state index contributed by atoms with van der Waals surface area (Å²) in [5, 5.41) is 14.9. The lowest BCUT2D eigenvalue weighted by atomic mass is 9.84. The summed E-state index contributed by atoms with van der Waals surface area (Å²) in [7, 11) is 0. The molecule has 2 aliphatic carbocycles. The molecule has 5 rings (SSSR count). The predicted octanol–water partition coefficient (Wildman–Crippen LogP) is 3.39. The maximum Gasteiger partial charge on any atom is 0.364 e. The minimum absolute atomic E-state index is 0.312. The Morgan fingerprint density at radius 3 is 2.96 bits per heavy atom. The monoisotopic (exact) mass is 344 g/mol. The molecular formula is C21H16N2O3. The van der Waals surface area contributed by atoms with Crippen LogP contribution in [0.15, 0.2) is 35.0 Å². The number of hydrogen-bond acceptors (Lipinski definition) is 5. The Kier molecular flexibility index (Phi) is 3.17. The summed E-state index contributed by atoms with van der Waals surface area (Å²) < 4.78 is 5.09. The number of ether oxygens (including phenoxy) is 1. The van der Waals surface area contributed by atoms with Crippen LogP contribution in [0.5, 0.6) is 0 Å². The van der Waals surface area contributed by atoms with E-state index in [1.807, 2.05) is 18.2 Å². The molecule has 0 radical (unpaired) electrons. The summed E-state index contributed by atoms with van der Waals surface area (Å²) in [5.74, 6) is -0.598. The Morgan fingerprint density at radius 2 is 2.08 bits per heavy atom. The van der Waals surface area contributed by atoms with Crippen LogP contribution in [0.4, 0.5) is 0 Å². The molecule has 1 aliphatic heterocycles. The number of nitrogens with zero attached hydrogens (tertiary/aromatic N) is 2. The van der Waals surface area contributed by atoms with E-state index in [2.05, 4.69) is 23.4 Å². The first-order valence-corrected chi connectivity index (χ1v) is 8.81. The Hall–Kier alpha value is -3.13. The molecule has 3 aliphatic rings. The molecule has 1 heterocycles. The highest BCUT2D eigenvalue weighted by Gasteiger charge is 2.55. The van der Waals surface area contributed by atoms with Crippen molar-refractivity contribution < 1.29 is 14.4 Å². The van der Waals surface area contributed by atoms with Crippen molar-refractivity contribution >= 4 is 29.0 Å². The van der Waals surface area contributed by atoms with Crippen LogP contribution in [0.1, 0.15) is 35.1 Å². The Labute approximate surface area is 150 Å². The van der Waals surface area contributed by atoms with Gasteiger partial charge in [0.2, 0.25) is 0 Å². The number of aryl methyl sites for hydroxylation is 2. The lowest BCUT2D eigenvalue weighted by Crippen LogP contribution is -2.37. The van der Waals surface area contributed by atoms with E-state index in [4.69, 9.17) is 14.8 Å². The summed E-state index contributed by atoms with van der Waals surface area (Å²) in [5.41, 5.74) is 3.83. The fourth-order valence-corrected chi connectivity index (χ4v) is 4.42. The van der Waals surface area contributed by atoms with Gasteiger partial charge in [-0.3, -0.25) is 0 Å². The zero-order valence-electron chi connectivity index (χ0n) is 14.1. The molecule has 5 nitrogen and oxygen atoms in total. The van der Waals surface area contributed by atoms with Gasteiger partial charge in [-0.15, -0.1) is 0 Å². The van der Waals surface area contributed by atoms with Gasteiger partial charge in [0.1, 0.15) is 6.07 Å². The minimum Gasteiger partial charge on any atom is -0.447 e. The molecule has 0 fully saturated rings. The van der Waals surface area contributed by atoms with E-state index in [1.165, 1.54) is 29.4 Å². The van der Waals surface area contributed by atoms with Crippen LogP contribution in [0, 0.1) is 11.3 Å². The second-order valence-electron chi connectivity index (χ2n) is 6.87. The van der Waals surface area contributed by atoms with Crippen molar-refractivity contribution in [2.45, 2.75) is 31.3 Å². The van der Waals surface area contributed by atoms with Gasteiger partial charge in [0.25, 0.3) is 5.60 Å². The van der Waals surface area contributed by atoms with E-state index < -0.39 is 11.6 Å². The molecule has 2 aromatic carbocycles. The molecule has 0 N–H and O–H groups in total. The predicted molar refractivity (Wildman–Crippen MR) is 96.4 cm³/mol. The first-order chi connectivity index (χ1) is 12.8. The van der Waals surface area contributed by atoms with Crippen molar-refractivity contribution in [3.63, 3.8) is 0 Å². The summed E-state index contributed by atoms with van der Waals surface area (Å²) in [4.78, 5) is 18.2. The van der Waals surface area contributed by atoms with Crippen molar-refractivity contribution in [1.82, 2.24) is 0 Å². The quantitative estimate of drug-likeness (QED) is 0.783. The van der Waals surface area contributed by atoms with Gasteiger partial charge < -0.3 is 9.57 Å². The van der Waals surface area contributed by atoms with Gasteiger partial charge in [0.15, 0.2) is 6.61 Å². The zero-order valence-corrected chi connectivity index (χ0v) is 14.1. The van der Waals surface area contributed by atoms with Gasteiger partial charge in [-0.25, -0.2) is 4.79 Å². The molecule has 1 atom stereocenters. The number of carbonyl (C=O) groups is 1. The third kappa shape index (κ3) is 1.84. The summed E-state index contributed by atoms with van der Waals surface area (Å²) in [6.45, 7) is -0.312. The van der Waals surface area contributed by atoms with Gasteiger partial charge in [-0.2, -0.15) is 5.26 Å². The molecule has 26 heavy (non-hydrogen) atoms. The van der Waals surface area contributed by atoms with Crippen LogP contribution < -0.4 is 0 Å². The smallest absolute Gasteiger partial charge is 0.364 e. The van der Waals surface area contributed by atoms with Crippen molar-refractivity contribution in [1.29, 1.82) is 5.26 Å². The number of oxime groups is 1. The number of rotatable bonds is 2. The van der Waals surface area contributed by atoms with Crippen molar-refractivity contribution in [2.24, 2.45) is 5.16 Å². The molecule has 0 saturated carbocycles. The molecule has 0 aromatic heterocycles. The highest BCUT2D eigenvalue weighted by molar-refractivity contribution is 6.09. The third-order valence-corrected chi connectivity index (χ3v) is 5.60. The number of carbonyl (C=O) groups excluding carboxylic acids is 1. The van der Waals surface area contributed by atoms with Crippen LogP contribution in [0.25, 0.3) is 16.8 Å². The highest BCUT2D eigenvalue weighted by atomic mass is 16.7. The average Bonchev–Trinajstić information content (AvgIpc) is 3.23. The van der Waals surface area contributed by atoms with E-state index in [0.717, 1.165) is 29.4 Å². The maximum absolute atomic E-state index is 12.7. The Morgan fingerprint density at radius 1 is 1.23 bits per heavy atom. The SMILES string of the molecule is N#CCOC(=O)C12ON=CC1=Cc1c2ccc2c3c(ccc12)CCCC3. The zero-order chi connectivity index (χ0) is 17.7. The van der Waals surface area contributed by atoms with E-state index in [0.29, 0.717) is 5.57 Å². The van der Waals surface area contributed by atoms with Crippen LogP contribution in [0.3, 0.4) is 0 Å². The van der Waals surface area contributed by atoms with E-state index in [9.17, 15) is 4.79 Å². The number of esters is 1. The fraction of sp³-hybridized carbons (Fsp3) is 0.286. The van der Waals surface area contributed by atoms with Crippen molar-refractivity contribution in [3.05, 3.63) is 52.1 Å². The number of fused-ring (bicyclic) bond motifs is 7. The fourth-order valence-electron chi connectivity index (χ4n) is 4.42. The number of hydrogen-bond donors (Lipinski definition) is 0. The largest absolute Gasteiger partial charge is 0.447 e. The summed E-state index contributed by atoms with van der Waals surface area (Å²) >= 11 is 0. The first-order valence-electron chi connectivity index (χ1n) is 8.81. The Balaban J connectivity index is 1.72. The van der Waals surface area contributed by atoms with Crippen molar-refractivity contribution in [3.8, 4) is 6.07 Å². The maximum atomic E-state index is 12.7. The first kappa shape index (κ1) is 15.2. The van der Waals surface area contributed by atoms with Gasteiger partial charge >= 0.3 is 5.97 Å². The minimum atomic E-state index is -1.38. The second kappa shape index (κ2) is 5.43. The Bertz CT molecular complexity index is 1060. The second-order valence-corrected chi connectivity index (χ2v) is 6.87. The topological polar surface area (TPSA) is 71.7 Å². The number of nitriles is 1. The van der Waals surface area contributed by atoms with Gasteiger partial charge in [0.05, 0.1) is 6.21 Å². The standard InChI is InChI=1S/C21H16N2O3/c22-9-10-25-20(24)21-14(12-23-26-21)11-18-17-6-5-13-3-1-2-4-15(13)16(17)7-8-19(18)21/h5-8,11-12H,1-4,10H2. The highest BCUT2D eigenvalue weighted by Crippen LogP contribution is 2.48. The summed E-state index contributed by atoms with van der Waals surface area (Å²) in [6.07, 6.45) is 8.18. The molecule has 0 bridgehead atoms. The molecule has 5 heteroatoms. The molecule has 0 spiro atoms. The van der Waals surface area contributed by atoms with Gasteiger partial charge in [-0.1, -0.05) is 29.4 Å². The summed E-state index contributed by atoms with van der Waals surface area (Å²) in [6, 6.07) is 10.2. The van der Waals surface area contributed by atoms with Crippen LogP contribution in [0.2, 0.25) is 0 Å². The normalized spacial score (nSPS) is 22.0. The molecule has 0 amide bonds. The molecule has 0 saturated heterocycles. The molecule has 1 unspecified atom stereocenters. The van der Waals surface area contributed by atoms with Crippen LogP contribution >= 0.6 is 0 Å². The van der Waals surface area contributed by atoms with Crippen LogP contribution in [-0.2, 0) is 32.8 Å². The van der Waals surface area contributed by atoms with Gasteiger partial charge in [-0.05, 0) is 59.2 Å². The van der Waals surface area contributed by atoms with E-state index >= 15 is 0 Å². The third-order valence-electron chi connectivity index (χ3n) is 5.60. The van der Waals surface area contributed by atoms with E-state index in [1.54, 1.807) is 6.21 Å². The van der Waals surface area contributed by atoms with Crippen LogP contribution in [-0.4, -0.2) is 18.8 Å².